The van der Waals surface area contributed by atoms with Crippen LogP contribution in [-0.2, 0) is 9.53 Å². The summed E-state index contributed by atoms with van der Waals surface area (Å²) in [5, 5.41) is 12.4. The third-order valence-electron chi connectivity index (χ3n) is 3.45. The van der Waals surface area contributed by atoms with Crippen LogP contribution in [0.15, 0.2) is 46.9 Å². The molecule has 0 saturated carbocycles. The molecule has 0 aliphatic carbocycles. The van der Waals surface area contributed by atoms with Crippen molar-refractivity contribution in [1.82, 2.24) is 5.32 Å². The molecule has 5 nitrogen and oxygen atoms in total. The molecular formula is C18H18BrNO4. The Morgan fingerprint density at radius 3 is 2.54 bits per heavy atom. The van der Waals surface area contributed by atoms with E-state index in [-0.39, 0.29) is 17.4 Å². The average molecular weight is 392 g/mol. The van der Waals surface area contributed by atoms with Crippen molar-refractivity contribution in [2.45, 2.75) is 19.9 Å². The van der Waals surface area contributed by atoms with Crippen molar-refractivity contribution >= 4 is 27.8 Å². The number of esters is 1. The van der Waals surface area contributed by atoms with Gasteiger partial charge in [-0.25, -0.2) is 4.79 Å². The summed E-state index contributed by atoms with van der Waals surface area (Å²) in [7, 11) is 0. The number of phenols is 1. The minimum absolute atomic E-state index is 0.0451. The first-order chi connectivity index (χ1) is 11.4. The second-order valence-corrected chi connectivity index (χ2v) is 6.35. The molecule has 2 N–H and O–H groups in total. The van der Waals surface area contributed by atoms with E-state index in [1.165, 1.54) is 12.1 Å². The minimum Gasteiger partial charge on any atom is -0.507 e. The molecule has 1 amide bonds. The summed E-state index contributed by atoms with van der Waals surface area (Å²) in [5.41, 5.74) is 1.80. The fraction of sp³-hybridized carbons (Fsp3) is 0.222. The molecule has 0 heterocycles. The Bertz CT molecular complexity index is 743. The number of ether oxygens (including phenoxy) is 1. The predicted molar refractivity (Wildman–Crippen MR) is 93.8 cm³/mol. The van der Waals surface area contributed by atoms with Gasteiger partial charge in [-0.2, -0.15) is 0 Å². The molecule has 1 unspecified atom stereocenters. The molecule has 2 aromatic carbocycles. The first-order valence-electron chi connectivity index (χ1n) is 7.38. The van der Waals surface area contributed by atoms with Crippen molar-refractivity contribution in [2.24, 2.45) is 0 Å². The SMILES string of the molecule is Cc1ccc(O)c(C(=O)OCC(=O)NC(C)c2ccc(Br)cc2)c1. The number of aryl methyl sites for hydroxylation is 1. The van der Waals surface area contributed by atoms with Crippen molar-refractivity contribution in [3.05, 3.63) is 63.6 Å². The van der Waals surface area contributed by atoms with Crippen LogP contribution >= 0.6 is 15.9 Å². The molecule has 0 fully saturated rings. The van der Waals surface area contributed by atoms with E-state index in [2.05, 4.69) is 21.2 Å². The Labute approximate surface area is 148 Å². The van der Waals surface area contributed by atoms with Gasteiger partial charge in [0, 0.05) is 4.47 Å². The Morgan fingerprint density at radius 1 is 1.21 bits per heavy atom. The summed E-state index contributed by atoms with van der Waals surface area (Å²) < 4.78 is 5.92. The Hall–Kier alpha value is -2.34. The lowest BCUT2D eigenvalue weighted by atomic mass is 10.1. The Balaban J connectivity index is 1.89. The number of hydrogen-bond acceptors (Lipinski definition) is 4. The maximum Gasteiger partial charge on any atom is 0.342 e. The average Bonchev–Trinajstić information content (AvgIpc) is 2.55. The van der Waals surface area contributed by atoms with Gasteiger partial charge in [0.1, 0.15) is 11.3 Å². The van der Waals surface area contributed by atoms with Crippen LogP contribution < -0.4 is 5.32 Å². The van der Waals surface area contributed by atoms with Crippen LogP contribution in [0.25, 0.3) is 0 Å². The summed E-state index contributed by atoms with van der Waals surface area (Å²) in [5.74, 6) is -1.32. The zero-order valence-corrected chi connectivity index (χ0v) is 15.0. The second-order valence-electron chi connectivity index (χ2n) is 5.44. The standard InChI is InChI=1S/C18H18BrNO4/c1-11-3-8-16(21)15(9-11)18(23)24-10-17(22)20-12(2)13-4-6-14(19)7-5-13/h3-9,12,21H,10H2,1-2H3,(H,20,22). The van der Waals surface area contributed by atoms with Crippen LogP contribution in [0.5, 0.6) is 5.75 Å². The smallest absolute Gasteiger partial charge is 0.342 e. The highest BCUT2D eigenvalue weighted by Gasteiger charge is 2.16. The summed E-state index contributed by atoms with van der Waals surface area (Å²) in [6.45, 7) is 3.23. The van der Waals surface area contributed by atoms with Crippen LogP contribution in [0.3, 0.4) is 0 Å². The van der Waals surface area contributed by atoms with Gasteiger partial charge in [-0.1, -0.05) is 39.7 Å². The van der Waals surface area contributed by atoms with E-state index < -0.39 is 18.5 Å². The normalized spacial score (nSPS) is 11.6. The van der Waals surface area contributed by atoms with E-state index in [4.69, 9.17) is 4.74 Å². The molecule has 0 spiro atoms. The molecule has 0 aliphatic heterocycles. The topological polar surface area (TPSA) is 75.6 Å². The maximum absolute atomic E-state index is 11.9. The van der Waals surface area contributed by atoms with Crippen LogP contribution in [-0.4, -0.2) is 23.6 Å². The van der Waals surface area contributed by atoms with E-state index in [1.54, 1.807) is 13.0 Å². The molecule has 0 saturated heterocycles. The highest BCUT2D eigenvalue weighted by molar-refractivity contribution is 9.10. The number of phenolic OH excluding ortho intramolecular Hbond substituents is 1. The quantitative estimate of drug-likeness (QED) is 0.764. The molecule has 1 atom stereocenters. The van der Waals surface area contributed by atoms with Gasteiger partial charge in [0.25, 0.3) is 5.91 Å². The lowest BCUT2D eigenvalue weighted by Crippen LogP contribution is -2.31. The van der Waals surface area contributed by atoms with Crippen LogP contribution in [0, 0.1) is 6.92 Å². The molecular weight excluding hydrogens is 374 g/mol. The zero-order valence-electron chi connectivity index (χ0n) is 13.4. The number of halogens is 1. The van der Waals surface area contributed by atoms with Gasteiger partial charge in [0.05, 0.1) is 6.04 Å². The van der Waals surface area contributed by atoms with E-state index in [1.807, 2.05) is 31.2 Å². The number of amides is 1. The van der Waals surface area contributed by atoms with E-state index in [9.17, 15) is 14.7 Å². The third-order valence-corrected chi connectivity index (χ3v) is 3.98. The molecule has 0 aliphatic rings. The first-order valence-corrected chi connectivity index (χ1v) is 8.17. The Kier molecular flexibility index (Phi) is 5.98. The van der Waals surface area contributed by atoms with Crippen molar-refractivity contribution in [3.8, 4) is 5.75 Å². The van der Waals surface area contributed by atoms with E-state index >= 15 is 0 Å². The van der Waals surface area contributed by atoms with E-state index in [0.29, 0.717) is 0 Å². The number of carbonyl (C=O) groups is 2. The summed E-state index contributed by atoms with van der Waals surface area (Å²) in [6.07, 6.45) is 0. The molecule has 0 radical (unpaired) electrons. The van der Waals surface area contributed by atoms with Gasteiger partial charge < -0.3 is 15.2 Å². The number of benzene rings is 2. The summed E-state index contributed by atoms with van der Waals surface area (Å²) in [6, 6.07) is 12.0. The first kappa shape index (κ1) is 18.0. The predicted octanol–water partition coefficient (Wildman–Crippen LogP) is 3.50. The highest BCUT2D eigenvalue weighted by atomic mass is 79.9. The van der Waals surface area contributed by atoms with Gasteiger partial charge in [-0.3, -0.25) is 4.79 Å². The molecule has 126 valence electrons. The fourth-order valence-electron chi connectivity index (χ4n) is 2.14. The van der Waals surface area contributed by atoms with Crippen LogP contribution in [0.2, 0.25) is 0 Å². The summed E-state index contributed by atoms with van der Waals surface area (Å²) >= 11 is 3.35. The number of nitrogens with one attached hydrogen (secondary N) is 1. The van der Waals surface area contributed by atoms with Crippen molar-refractivity contribution < 1.29 is 19.4 Å². The van der Waals surface area contributed by atoms with Crippen LogP contribution in [0.1, 0.15) is 34.5 Å². The van der Waals surface area contributed by atoms with Gasteiger partial charge in [-0.05, 0) is 43.7 Å². The monoisotopic (exact) mass is 391 g/mol. The number of aromatic hydroxyl groups is 1. The molecule has 6 heteroatoms. The zero-order chi connectivity index (χ0) is 17.7. The molecule has 2 rings (SSSR count). The lowest BCUT2D eigenvalue weighted by molar-refractivity contribution is -0.124. The van der Waals surface area contributed by atoms with Crippen molar-refractivity contribution in [2.75, 3.05) is 6.61 Å². The Morgan fingerprint density at radius 2 is 1.88 bits per heavy atom. The largest absolute Gasteiger partial charge is 0.507 e. The lowest BCUT2D eigenvalue weighted by Gasteiger charge is -2.14. The molecule has 0 bridgehead atoms. The van der Waals surface area contributed by atoms with Gasteiger partial charge >= 0.3 is 5.97 Å². The van der Waals surface area contributed by atoms with Gasteiger partial charge in [0.2, 0.25) is 0 Å². The van der Waals surface area contributed by atoms with Crippen molar-refractivity contribution in [1.29, 1.82) is 0 Å². The molecule has 2 aromatic rings. The number of carbonyl (C=O) groups excluding carboxylic acids is 2. The summed E-state index contributed by atoms with van der Waals surface area (Å²) in [4.78, 5) is 23.9. The van der Waals surface area contributed by atoms with Crippen LogP contribution in [0.4, 0.5) is 0 Å². The third kappa shape index (κ3) is 4.83. The van der Waals surface area contributed by atoms with Gasteiger partial charge in [-0.15, -0.1) is 0 Å². The second kappa shape index (κ2) is 7.97. The van der Waals surface area contributed by atoms with Gasteiger partial charge in [0.15, 0.2) is 6.61 Å². The highest BCUT2D eigenvalue weighted by Crippen LogP contribution is 2.19. The molecule has 24 heavy (non-hydrogen) atoms. The van der Waals surface area contributed by atoms with Crippen molar-refractivity contribution in [3.63, 3.8) is 0 Å². The van der Waals surface area contributed by atoms with E-state index in [0.717, 1.165) is 15.6 Å². The molecule has 0 aromatic heterocycles. The maximum atomic E-state index is 11.9. The minimum atomic E-state index is -0.734. The fourth-order valence-corrected chi connectivity index (χ4v) is 2.40. The number of rotatable bonds is 5. The number of hydrogen-bond donors (Lipinski definition) is 2.